The van der Waals surface area contributed by atoms with E-state index in [1.165, 1.54) is 6.39 Å². The maximum absolute atomic E-state index is 5.77. The van der Waals surface area contributed by atoms with Crippen molar-refractivity contribution in [3.8, 4) is 5.75 Å². The molecule has 96 valence electrons. The van der Waals surface area contributed by atoms with Gasteiger partial charge in [-0.15, -0.1) is 0 Å². The van der Waals surface area contributed by atoms with E-state index in [1.807, 2.05) is 26.1 Å². The summed E-state index contributed by atoms with van der Waals surface area (Å²) in [4.78, 5) is 3.93. The molecule has 2 rings (SSSR count). The Morgan fingerprint density at radius 1 is 1.44 bits per heavy atom. The Morgan fingerprint density at radius 3 is 2.94 bits per heavy atom. The van der Waals surface area contributed by atoms with E-state index >= 15 is 0 Å². The van der Waals surface area contributed by atoms with Gasteiger partial charge in [0.25, 0.3) is 0 Å². The molecular weight excluding hydrogens is 298 g/mol. The predicted molar refractivity (Wildman–Crippen MR) is 70.3 cm³/mol. The third-order valence-corrected chi connectivity index (χ3v) is 2.89. The molecule has 0 aliphatic carbocycles. The molecule has 6 heteroatoms. The smallest absolute Gasteiger partial charge is 0.213 e. The molecule has 1 aromatic heterocycles. The number of benzene rings is 1. The summed E-state index contributed by atoms with van der Waals surface area (Å²) in [6, 6.07) is 4.06. The lowest BCUT2D eigenvalue weighted by atomic mass is 10.1. The first-order chi connectivity index (χ1) is 8.70. The summed E-state index contributed by atoms with van der Waals surface area (Å²) in [6.45, 7) is 3.05. The Balaban J connectivity index is 2.19. The quantitative estimate of drug-likeness (QED) is 0.919. The van der Waals surface area contributed by atoms with E-state index < -0.39 is 0 Å². The van der Waals surface area contributed by atoms with Crippen LogP contribution in [0.15, 0.2) is 27.5 Å². The number of ether oxygens (including phenoxy) is 1. The zero-order chi connectivity index (χ0) is 13.0. The summed E-state index contributed by atoms with van der Waals surface area (Å²) in [6.07, 6.45) is 1.29. The molecule has 0 saturated carbocycles. The number of nitrogens with one attached hydrogen (secondary N) is 1. The highest BCUT2D eigenvalue weighted by Crippen LogP contribution is 2.28. The summed E-state index contributed by atoms with van der Waals surface area (Å²) in [7, 11) is 1.90. The predicted octanol–water partition coefficient (Wildman–Crippen LogP) is 2.44. The lowest BCUT2D eigenvalue weighted by Crippen LogP contribution is -2.09. The minimum absolute atomic E-state index is 0.301. The van der Waals surface area contributed by atoms with Crippen molar-refractivity contribution in [1.82, 2.24) is 15.5 Å². The average molecular weight is 312 g/mol. The van der Waals surface area contributed by atoms with Crippen molar-refractivity contribution < 1.29 is 9.26 Å². The molecule has 0 saturated heterocycles. The molecule has 0 atom stereocenters. The van der Waals surface area contributed by atoms with Crippen molar-refractivity contribution in [3.05, 3.63) is 40.0 Å². The highest BCUT2D eigenvalue weighted by molar-refractivity contribution is 9.10. The van der Waals surface area contributed by atoms with Crippen molar-refractivity contribution in [1.29, 1.82) is 0 Å². The van der Waals surface area contributed by atoms with Crippen LogP contribution >= 0.6 is 15.9 Å². The Labute approximate surface area is 114 Å². The molecule has 5 nitrogen and oxygen atoms in total. The van der Waals surface area contributed by atoms with Gasteiger partial charge >= 0.3 is 0 Å². The van der Waals surface area contributed by atoms with Gasteiger partial charge in [-0.3, -0.25) is 0 Å². The number of rotatable bonds is 5. The largest absolute Gasteiger partial charge is 0.485 e. The first-order valence-corrected chi connectivity index (χ1v) is 6.31. The highest BCUT2D eigenvalue weighted by Gasteiger charge is 2.10. The van der Waals surface area contributed by atoms with Crippen molar-refractivity contribution >= 4 is 15.9 Å². The van der Waals surface area contributed by atoms with Crippen LogP contribution in [0.2, 0.25) is 0 Å². The van der Waals surface area contributed by atoms with E-state index in [0.717, 1.165) is 27.9 Å². The zero-order valence-corrected chi connectivity index (χ0v) is 11.8. The molecule has 0 amide bonds. The second-order valence-corrected chi connectivity index (χ2v) is 4.79. The number of hydrogen-bond donors (Lipinski definition) is 1. The van der Waals surface area contributed by atoms with Gasteiger partial charge in [0.2, 0.25) is 12.2 Å². The number of halogens is 1. The number of aromatic nitrogens is 2. The van der Waals surface area contributed by atoms with Crippen LogP contribution in [0, 0.1) is 6.92 Å². The van der Waals surface area contributed by atoms with Gasteiger partial charge in [0.05, 0.1) is 0 Å². The molecule has 0 unspecified atom stereocenters. The van der Waals surface area contributed by atoms with Crippen molar-refractivity contribution in [3.63, 3.8) is 0 Å². The molecular formula is C12H14BrN3O2. The molecule has 1 N–H and O–H groups in total. The van der Waals surface area contributed by atoms with Gasteiger partial charge < -0.3 is 14.6 Å². The Kier molecular flexibility index (Phi) is 4.33. The first kappa shape index (κ1) is 13.0. The van der Waals surface area contributed by atoms with Gasteiger partial charge in [0.1, 0.15) is 5.75 Å². The molecule has 2 aromatic rings. The van der Waals surface area contributed by atoms with Crippen molar-refractivity contribution in [2.24, 2.45) is 0 Å². The van der Waals surface area contributed by atoms with Gasteiger partial charge in [-0.05, 0) is 31.7 Å². The van der Waals surface area contributed by atoms with Crippen LogP contribution in [0.3, 0.4) is 0 Å². The minimum atomic E-state index is 0.301. The molecule has 0 spiro atoms. The maximum Gasteiger partial charge on any atom is 0.213 e. The van der Waals surface area contributed by atoms with Crippen molar-refractivity contribution in [2.75, 3.05) is 7.05 Å². The fourth-order valence-corrected chi connectivity index (χ4v) is 2.34. The fourth-order valence-electron chi connectivity index (χ4n) is 1.72. The highest BCUT2D eigenvalue weighted by atomic mass is 79.9. The summed E-state index contributed by atoms with van der Waals surface area (Å²) in [5, 5.41) is 6.84. The molecule has 0 fully saturated rings. The van der Waals surface area contributed by atoms with Crippen LogP contribution < -0.4 is 10.1 Å². The summed E-state index contributed by atoms with van der Waals surface area (Å²) < 4.78 is 11.5. The monoisotopic (exact) mass is 311 g/mol. The molecule has 0 aliphatic heterocycles. The lowest BCUT2D eigenvalue weighted by molar-refractivity contribution is 0.281. The van der Waals surface area contributed by atoms with E-state index in [1.54, 1.807) is 0 Å². The number of nitrogens with zero attached hydrogens (tertiary/aromatic N) is 2. The molecule has 1 heterocycles. The van der Waals surface area contributed by atoms with E-state index in [-0.39, 0.29) is 0 Å². The van der Waals surface area contributed by atoms with E-state index in [2.05, 4.69) is 35.9 Å². The lowest BCUT2D eigenvalue weighted by Gasteiger charge is -2.13. The number of aryl methyl sites for hydroxylation is 1. The van der Waals surface area contributed by atoms with Gasteiger partial charge in [-0.25, -0.2) is 0 Å². The first-order valence-electron chi connectivity index (χ1n) is 5.52. The topological polar surface area (TPSA) is 60.2 Å². The molecule has 1 aromatic carbocycles. The number of hydrogen-bond acceptors (Lipinski definition) is 5. The van der Waals surface area contributed by atoms with Crippen molar-refractivity contribution in [2.45, 2.75) is 20.1 Å². The van der Waals surface area contributed by atoms with Crippen LogP contribution in [-0.2, 0) is 13.2 Å². The molecule has 0 aliphatic rings. The zero-order valence-electron chi connectivity index (χ0n) is 10.2. The third kappa shape index (κ3) is 3.08. The summed E-state index contributed by atoms with van der Waals surface area (Å²) >= 11 is 3.48. The SMILES string of the molecule is CNCc1cc(Br)cc(C)c1OCc1ncon1. The Morgan fingerprint density at radius 2 is 2.28 bits per heavy atom. The molecule has 18 heavy (non-hydrogen) atoms. The maximum atomic E-state index is 5.77. The van der Waals surface area contributed by atoms with Gasteiger partial charge in [-0.2, -0.15) is 4.98 Å². The average Bonchev–Trinajstić information content (AvgIpc) is 2.81. The van der Waals surface area contributed by atoms with Gasteiger partial charge in [0.15, 0.2) is 6.61 Å². The third-order valence-electron chi connectivity index (χ3n) is 2.44. The summed E-state index contributed by atoms with van der Waals surface area (Å²) in [5.74, 6) is 1.39. The fraction of sp³-hybridized carbons (Fsp3) is 0.333. The molecule has 0 radical (unpaired) electrons. The van der Waals surface area contributed by atoms with Crippen LogP contribution in [0.4, 0.5) is 0 Å². The van der Waals surface area contributed by atoms with Crippen LogP contribution in [0.1, 0.15) is 17.0 Å². The minimum Gasteiger partial charge on any atom is -0.485 e. The van der Waals surface area contributed by atoms with Gasteiger partial charge in [0, 0.05) is 16.6 Å². The van der Waals surface area contributed by atoms with E-state index in [4.69, 9.17) is 4.74 Å². The second kappa shape index (κ2) is 5.97. The Hall–Kier alpha value is -1.40. The molecule has 0 bridgehead atoms. The van der Waals surface area contributed by atoms with Crippen LogP contribution in [-0.4, -0.2) is 17.2 Å². The second-order valence-electron chi connectivity index (χ2n) is 3.88. The van der Waals surface area contributed by atoms with Crippen LogP contribution in [0.25, 0.3) is 0 Å². The van der Waals surface area contributed by atoms with Gasteiger partial charge in [-0.1, -0.05) is 21.1 Å². The normalized spacial score (nSPS) is 10.6. The standard InChI is InChI=1S/C12H14BrN3O2/c1-8-3-10(13)4-9(5-14-2)12(8)17-6-11-15-7-18-16-11/h3-4,7,14H,5-6H2,1-2H3. The Bertz CT molecular complexity index is 514. The van der Waals surface area contributed by atoms with Crippen LogP contribution in [0.5, 0.6) is 5.75 Å². The summed E-state index contributed by atoms with van der Waals surface area (Å²) in [5.41, 5.74) is 2.16. The van der Waals surface area contributed by atoms with E-state index in [9.17, 15) is 0 Å². The van der Waals surface area contributed by atoms with E-state index in [0.29, 0.717) is 12.4 Å².